The highest BCUT2D eigenvalue weighted by Crippen LogP contribution is 2.30. The van der Waals surface area contributed by atoms with E-state index in [0.717, 1.165) is 22.4 Å². The van der Waals surface area contributed by atoms with E-state index in [0.29, 0.717) is 5.69 Å². The number of ether oxygens (including phenoxy) is 1. The smallest absolute Gasteiger partial charge is 0.374 e. The van der Waals surface area contributed by atoms with Crippen molar-refractivity contribution in [2.75, 3.05) is 7.11 Å². The SMILES string of the molecule is COc1cc(C)c(-c2cc(C(=O)O)on2)c(C)c1. The lowest BCUT2D eigenvalue weighted by molar-refractivity contribution is 0.0652. The first kappa shape index (κ1) is 12.2. The third kappa shape index (κ3) is 2.07. The lowest BCUT2D eigenvalue weighted by Gasteiger charge is -2.09. The minimum absolute atomic E-state index is 0.167. The van der Waals surface area contributed by atoms with Gasteiger partial charge < -0.3 is 14.4 Å². The van der Waals surface area contributed by atoms with Gasteiger partial charge in [-0.25, -0.2) is 4.79 Å². The van der Waals surface area contributed by atoms with E-state index in [1.54, 1.807) is 7.11 Å². The van der Waals surface area contributed by atoms with Gasteiger partial charge >= 0.3 is 5.97 Å². The molecule has 2 rings (SSSR count). The molecule has 0 spiro atoms. The van der Waals surface area contributed by atoms with E-state index in [9.17, 15) is 4.79 Å². The molecule has 0 aliphatic heterocycles. The van der Waals surface area contributed by atoms with Crippen LogP contribution in [-0.2, 0) is 0 Å². The van der Waals surface area contributed by atoms with Crippen molar-refractivity contribution in [1.29, 1.82) is 0 Å². The quantitative estimate of drug-likeness (QED) is 0.902. The first-order chi connectivity index (χ1) is 8.52. The van der Waals surface area contributed by atoms with Crippen LogP contribution in [-0.4, -0.2) is 23.3 Å². The van der Waals surface area contributed by atoms with Gasteiger partial charge in [-0.1, -0.05) is 5.16 Å². The number of hydrogen-bond donors (Lipinski definition) is 1. The number of benzene rings is 1. The second kappa shape index (κ2) is 4.52. The van der Waals surface area contributed by atoms with E-state index in [2.05, 4.69) is 5.16 Å². The van der Waals surface area contributed by atoms with E-state index >= 15 is 0 Å². The van der Waals surface area contributed by atoms with E-state index in [4.69, 9.17) is 14.4 Å². The molecule has 1 aromatic heterocycles. The maximum atomic E-state index is 10.8. The zero-order valence-corrected chi connectivity index (χ0v) is 10.4. The molecular weight excluding hydrogens is 234 g/mol. The van der Waals surface area contributed by atoms with E-state index in [1.165, 1.54) is 6.07 Å². The highest BCUT2D eigenvalue weighted by molar-refractivity contribution is 5.86. The summed E-state index contributed by atoms with van der Waals surface area (Å²) in [6.45, 7) is 3.83. The molecule has 0 aliphatic rings. The normalized spacial score (nSPS) is 10.4. The van der Waals surface area contributed by atoms with Crippen LogP contribution in [0.5, 0.6) is 5.75 Å². The molecule has 0 saturated heterocycles. The van der Waals surface area contributed by atoms with Crippen LogP contribution in [0.4, 0.5) is 0 Å². The van der Waals surface area contributed by atoms with Gasteiger partial charge in [0.15, 0.2) is 0 Å². The zero-order valence-electron chi connectivity index (χ0n) is 10.4. The van der Waals surface area contributed by atoms with Crippen LogP contribution in [0.1, 0.15) is 21.7 Å². The van der Waals surface area contributed by atoms with Crippen molar-refractivity contribution in [1.82, 2.24) is 5.16 Å². The van der Waals surface area contributed by atoms with E-state index in [1.807, 2.05) is 26.0 Å². The Morgan fingerprint density at radius 2 is 1.89 bits per heavy atom. The molecule has 94 valence electrons. The molecule has 1 heterocycles. The molecular formula is C13H13NO4. The fraction of sp³-hybridized carbons (Fsp3) is 0.231. The fourth-order valence-electron chi connectivity index (χ4n) is 1.94. The van der Waals surface area contributed by atoms with Gasteiger partial charge in [-0.3, -0.25) is 0 Å². The number of hydrogen-bond acceptors (Lipinski definition) is 4. The van der Waals surface area contributed by atoms with Gasteiger partial charge in [0.1, 0.15) is 11.4 Å². The number of nitrogens with zero attached hydrogens (tertiary/aromatic N) is 1. The summed E-state index contributed by atoms with van der Waals surface area (Å²) in [4.78, 5) is 10.8. The second-order valence-electron chi connectivity index (χ2n) is 4.02. The van der Waals surface area contributed by atoms with Crippen LogP contribution in [0.3, 0.4) is 0 Å². The number of carboxylic acid groups (broad SMARTS) is 1. The molecule has 1 aromatic carbocycles. The average molecular weight is 247 g/mol. The Kier molecular flexibility index (Phi) is 3.06. The molecule has 0 fully saturated rings. The Morgan fingerprint density at radius 1 is 1.28 bits per heavy atom. The average Bonchev–Trinajstić information content (AvgIpc) is 2.77. The summed E-state index contributed by atoms with van der Waals surface area (Å²) >= 11 is 0. The molecule has 1 N–H and O–H groups in total. The number of methoxy groups -OCH3 is 1. The Bertz CT molecular complexity index is 578. The van der Waals surface area contributed by atoms with E-state index < -0.39 is 5.97 Å². The predicted molar refractivity (Wildman–Crippen MR) is 64.9 cm³/mol. The van der Waals surface area contributed by atoms with Crippen LogP contribution >= 0.6 is 0 Å². The first-order valence-corrected chi connectivity index (χ1v) is 5.38. The number of aromatic carboxylic acids is 1. The highest BCUT2D eigenvalue weighted by atomic mass is 16.5. The monoisotopic (exact) mass is 247 g/mol. The minimum atomic E-state index is -1.13. The van der Waals surface area contributed by atoms with Gasteiger partial charge in [0.25, 0.3) is 0 Å². The number of carboxylic acids is 1. The number of aromatic nitrogens is 1. The predicted octanol–water partition coefficient (Wildman–Crippen LogP) is 2.67. The Morgan fingerprint density at radius 3 is 2.33 bits per heavy atom. The maximum absolute atomic E-state index is 10.8. The van der Waals surface area contributed by atoms with Gasteiger partial charge in [0.2, 0.25) is 5.76 Å². The molecule has 0 saturated carbocycles. The number of rotatable bonds is 3. The van der Waals surface area contributed by atoms with Crippen LogP contribution in [0.15, 0.2) is 22.7 Å². The standard InChI is InChI=1S/C13H13NO4/c1-7-4-9(17-3)5-8(2)12(7)10-6-11(13(15)16)18-14-10/h4-6H,1-3H3,(H,15,16). The Hall–Kier alpha value is -2.30. The third-order valence-electron chi connectivity index (χ3n) is 2.72. The van der Waals surface area contributed by atoms with Crippen molar-refractivity contribution in [3.63, 3.8) is 0 Å². The zero-order chi connectivity index (χ0) is 13.3. The van der Waals surface area contributed by atoms with Crippen molar-refractivity contribution >= 4 is 5.97 Å². The fourth-order valence-corrected chi connectivity index (χ4v) is 1.94. The largest absolute Gasteiger partial charge is 0.497 e. The maximum Gasteiger partial charge on any atom is 0.374 e. The molecule has 5 nitrogen and oxygen atoms in total. The van der Waals surface area contributed by atoms with Crippen LogP contribution in [0, 0.1) is 13.8 Å². The summed E-state index contributed by atoms with van der Waals surface area (Å²) in [6, 6.07) is 5.17. The van der Waals surface area contributed by atoms with Gasteiger partial charge in [-0.15, -0.1) is 0 Å². The topological polar surface area (TPSA) is 72.6 Å². The van der Waals surface area contributed by atoms with Crippen LogP contribution < -0.4 is 4.74 Å². The van der Waals surface area contributed by atoms with Crippen molar-refractivity contribution in [2.45, 2.75) is 13.8 Å². The van der Waals surface area contributed by atoms with E-state index in [-0.39, 0.29) is 5.76 Å². The van der Waals surface area contributed by atoms with Crippen molar-refractivity contribution < 1.29 is 19.2 Å². The minimum Gasteiger partial charge on any atom is -0.497 e. The second-order valence-corrected chi connectivity index (χ2v) is 4.02. The summed E-state index contributed by atoms with van der Waals surface area (Å²) < 4.78 is 9.94. The van der Waals surface area contributed by atoms with Gasteiger partial charge in [-0.2, -0.15) is 0 Å². The molecule has 0 atom stereocenters. The van der Waals surface area contributed by atoms with Gasteiger partial charge in [-0.05, 0) is 37.1 Å². The summed E-state index contributed by atoms with van der Waals surface area (Å²) in [5.74, 6) is -0.534. The molecule has 0 radical (unpaired) electrons. The molecule has 0 bridgehead atoms. The van der Waals surface area contributed by atoms with Crippen LogP contribution in [0.2, 0.25) is 0 Å². The molecule has 0 aliphatic carbocycles. The first-order valence-electron chi connectivity index (χ1n) is 5.38. The van der Waals surface area contributed by atoms with Crippen molar-refractivity contribution in [3.05, 3.63) is 35.1 Å². The molecule has 0 unspecified atom stereocenters. The molecule has 18 heavy (non-hydrogen) atoms. The van der Waals surface area contributed by atoms with Crippen molar-refractivity contribution in [3.8, 4) is 17.0 Å². The molecule has 2 aromatic rings. The number of aryl methyl sites for hydroxylation is 2. The summed E-state index contributed by atoms with van der Waals surface area (Å²) in [6.07, 6.45) is 0. The lowest BCUT2D eigenvalue weighted by atomic mass is 9.99. The number of carbonyl (C=O) groups is 1. The van der Waals surface area contributed by atoms with Crippen molar-refractivity contribution in [2.24, 2.45) is 0 Å². The summed E-state index contributed by atoms with van der Waals surface area (Å²) in [5.41, 5.74) is 3.30. The summed E-state index contributed by atoms with van der Waals surface area (Å²) in [7, 11) is 1.60. The Labute approximate surface area is 104 Å². The lowest BCUT2D eigenvalue weighted by Crippen LogP contribution is -1.93. The third-order valence-corrected chi connectivity index (χ3v) is 2.72. The van der Waals surface area contributed by atoms with Gasteiger partial charge in [0, 0.05) is 11.6 Å². The van der Waals surface area contributed by atoms with Gasteiger partial charge in [0.05, 0.1) is 7.11 Å². The highest BCUT2D eigenvalue weighted by Gasteiger charge is 2.16. The summed E-state index contributed by atoms with van der Waals surface area (Å²) in [5, 5.41) is 12.6. The molecule has 0 amide bonds. The molecule has 5 heteroatoms. The van der Waals surface area contributed by atoms with Crippen LogP contribution in [0.25, 0.3) is 11.3 Å². The Balaban J connectivity index is 2.53.